The second-order valence-electron chi connectivity index (χ2n) is 18.5. The molecule has 0 saturated carbocycles. The van der Waals surface area contributed by atoms with Gasteiger partial charge in [0.1, 0.15) is 11.9 Å². The number of aliphatic hydroxyl groups excluding tert-OH is 1. The molecule has 0 aromatic heterocycles. The predicted molar refractivity (Wildman–Crippen MR) is 212 cm³/mol. The minimum absolute atomic E-state index is 0. The van der Waals surface area contributed by atoms with Crippen molar-refractivity contribution in [1.82, 2.24) is 5.32 Å². The molecule has 0 bridgehead atoms. The molecule has 4 aliphatic rings. The summed E-state index contributed by atoms with van der Waals surface area (Å²) < 4.78 is 33.7. The topological polar surface area (TPSA) is 193 Å². The number of hydrogen-bond acceptors (Lipinski definition) is 11. The van der Waals surface area contributed by atoms with Gasteiger partial charge in [-0.2, -0.15) is 0 Å². The molecule has 58 heavy (non-hydrogen) atoms. The van der Waals surface area contributed by atoms with E-state index in [-0.39, 0.29) is 88.1 Å². The van der Waals surface area contributed by atoms with Gasteiger partial charge in [-0.25, -0.2) is 0 Å². The Hall–Kier alpha value is -0.325. The Bertz CT molecular complexity index is 1420. The first-order chi connectivity index (χ1) is 26.6. The van der Waals surface area contributed by atoms with Crippen LogP contribution in [0.3, 0.4) is 0 Å². The minimum atomic E-state index is -1.54. The van der Waals surface area contributed by atoms with Gasteiger partial charge in [-0.15, -0.1) is 0 Å². The number of aliphatic carboxylic acids is 1. The molecule has 0 spiro atoms. The molecule has 4 saturated heterocycles. The van der Waals surface area contributed by atoms with E-state index in [1.165, 1.54) is 0 Å². The van der Waals surface area contributed by atoms with Crippen LogP contribution in [0.1, 0.15) is 140 Å². The van der Waals surface area contributed by atoms with Gasteiger partial charge >= 0.3 is 64.2 Å². The normalized spacial score (nSPS) is 41.2. The van der Waals surface area contributed by atoms with Gasteiger partial charge in [0.25, 0.3) is 0 Å². The van der Waals surface area contributed by atoms with Crippen LogP contribution in [0.15, 0.2) is 12.7 Å². The summed E-state index contributed by atoms with van der Waals surface area (Å²) in [5, 5.41) is 47.1. The summed E-state index contributed by atoms with van der Waals surface area (Å²) in [6.45, 7) is 25.0. The van der Waals surface area contributed by atoms with E-state index in [1.807, 2.05) is 62.3 Å². The molecule has 4 heterocycles. The van der Waals surface area contributed by atoms with Crippen LogP contribution in [-0.2, 0) is 33.3 Å². The number of carbonyl (C=O) groups excluding carboxylic acids is 2. The van der Waals surface area contributed by atoms with Gasteiger partial charge in [-0.3, -0.25) is 9.59 Å². The number of amides is 1. The van der Waals surface area contributed by atoms with Crippen molar-refractivity contribution in [2.45, 2.75) is 206 Å². The minimum Gasteiger partial charge on any atom is -0.530 e. The average Bonchev–Trinajstić information content (AvgIpc) is 3.52. The molecule has 4 rings (SSSR count). The summed E-state index contributed by atoms with van der Waals surface area (Å²) in [6.07, 6.45) is 1.94. The maximum Gasteiger partial charge on any atom is 1.00 e. The van der Waals surface area contributed by atoms with E-state index < -0.39 is 101 Å². The molecule has 0 aromatic rings. The molecule has 0 radical (unpaired) electrons. The standard InChI is InChI=1S/C44H75NO12.Rb/c1-13-31(39(48)49)33-18-17-24(5)37(54-33)28(9)35(46)27(8)36(47)32(14-2)38-25(6)23-26(7)43(16-4,55-38)57-44(29(10)45-40(50)51)22-21-41(12,56-44)34-19-20-42(52,15-3)30(11)53-34;/h16,24-35,37-38,45-46,52H,4,13-15,17-23H2,1-3,5-12H3,(H,48,49)(H,50,51);/q;+1/p-1/t24-,25-,26+,27-,28-,29+,30-,31+,32-,33+,34+,35+,37+,38-,41-,42+,43-,44-;/m0./s1. The van der Waals surface area contributed by atoms with Gasteiger partial charge < -0.3 is 54.2 Å². The van der Waals surface area contributed by atoms with Crippen molar-refractivity contribution < 1.29 is 117 Å². The Morgan fingerprint density at radius 1 is 0.948 bits per heavy atom. The van der Waals surface area contributed by atoms with Crippen LogP contribution < -0.4 is 68.6 Å². The summed E-state index contributed by atoms with van der Waals surface area (Å²) in [6, 6.07) is -0.907. The number of hydrogen-bond donors (Lipinski definition) is 4. The van der Waals surface area contributed by atoms with Crippen LogP contribution in [0, 0.1) is 41.4 Å². The van der Waals surface area contributed by atoms with Crippen molar-refractivity contribution >= 4 is 17.8 Å². The number of ketones is 1. The zero-order valence-corrected chi connectivity index (χ0v) is 42.4. The van der Waals surface area contributed by atoms with E-state index >= 15 is 0 Å². The summed E-state index contributed by atoms with van der Waals surface area (Å²) in [7, 11) is 0. The van der Waals surface area contributed by atoms with E-state index in [0.29, 0.717) is 51.4 Å². The molecular formula is C44H74NO12Rb. The molecule has 0 aliphatic carbocycles. The number of nitrogens with one attached hydrogen (secondary N) is 1. The summed E-state index contributed by atoms with van der Waals surface area (Å²) in [5.74, 6) is -6.85. The zero-order chi connectivity index (χ0) is 42.8. The Balaban J connectivity index is 0.00000900. The third kappa shape index (κ3) is 10.7. The number of carbonyl (C=O) groups is 3. The molecule has 1 amide bonds. The maximum absolute atomic E-state index is 14.5. The summed E-state index contributed by atoms with van der Waals surface area (Å²) in [5.41, 5.74) is -1.84. The molecule has 0 aromatic carbocycles. The van der Waals surface area contributed by atoms with Gasteiger partial charge in [0.2, 0.25) is 0 Å². The first kappa shape index (κ1) is 52.0. The first-order valence-electron chi connectivity index (χ1n) is 21.7. The number of carboxylic acids is 1. The quantitative estimate of drug-likeness (QED) is 0.157. The summed E-state index contributed by atoms with van der Waals surface area (Å²) >= 11 is 0. The molecule has 4 N–H and O–H groups in total. The fraction of sp³-hybridized carbons (Fsp3) is 0.886. The Morgan fingerprint density at radius 3 is 2.12 bits per heavy atom. The summed E-state index contributed by atoms with van der Waals surface area (Å²) in [4.78, 5) is 38.5. The van der Waals surface area contributed by atoms with Crippen LogP contribution in [0.4, 0.5) is 4.79 Å². The maximum atomic E-state index is 14.5. The van der Waals surface area contributed by atoms with E-state index in [2.05, 4.69) is 11.9 Å². The number of Topliss-reactive ketones (excluding diaryl/α,β-unsaturated/α-hetero) is 1. The molecule has 4 aliphatic heterocycles. The fourth-order valence-corrected chi connectivity index (χ4v) is 10.6. The van der Waals surface area contributed by atoms with Crippen molar-refractivity contribution in [3.63, 3.8) is 0 Å². The van der Waals surface area contributed by atoms with Crippen LogP contribution in [0.5, 0.6) is 0 Å². The van der Waals surface area contributed by atoms with Crippen molar-refractivity contribution in [3.8, 4) is 0 Å². The third-order valence-corrected chi connectivity index (χ3v) is 14.8. The van der Waals surface area contributed by atoms with E-state index in [4.69, 9.17) is 23.7 Å². The Kier molecular flexibility index (Phi) is 18.7. The smallest absolute Gasteiger partial charge is 0.530 e. The van der Waals surface area contributed by atoms with Crippen LogP contribution >= 0.6 is 0 Å². The SMILES string of the molecule is C=C[C@@]1(O[C@]2([C@@H](C)NC(=O)[O-])CC[C@@](C)([C@H]3CC[C@](O)(CC)[C@H](C)O3)O2)O[C@H]([C@@H](CC)C(=O)[C@@H](C)[C@@H](O)[C@H](C)[C@@H]2O[C@@H]([C@@H](CC)C(=O)O)CC[C@@H]2C)[C@@H](C)C[C@H]1C.[Rb+]. The molecule has 0 unspecified atom stereocenters. The second-order valence-corrected chi connectivity index (χ2v) is 18.5. The first-order valence-corrected chi connectivity index (χ1v) is 21.7. The van der Waals surface area contributed by atoms with Crippen LogP contribution in [-0.4, -0.2) is 98.6 Å². The predicted octanol–water partition coefficient (Wildman–Crippen LogP) is 2.77. The largest absolute Gasteiger partial charge is 1.00 e. The average molecular weight is 895 g/mol. The van der Waals surface area contributed by atoms with Crippen molar-refractivity contribution in [2.75, 3.05) is 0 Å². The molecule has 14 heteroatoms. The van der Waals surface area contributed by atoms with E-state index in [1.54, 1.807) is 19.9 Å². The van der Waals surface area contributed by atoms with Crippen LogP contribution in [0.2, 0.25) is 0 Å². The molecule has 328 valence electrons. The Morgan fingerprint density at radius 2 is 1.59 bits per heavy atom. The van der Waals surface area contributed by atoms with Crippen molar-refractivity contribution in [1.29, 1.82) is 0 Å². The Labute approximate surface area is 396 Å². The molecular weight excluding hydrogens is 820 g/mol. The third-order valence-electron chi connectivity index (χ3n) is 14.8. The van der Waals surface area contributed by atoms with Crippen molar-refractivity contribution in [2.24, 2.45) is 41.4 Å². The molecule has 4 fully saturated rings. The van der Waals surface area contributed by atoms with Crippen molar-refractivity contribution in [3.05, 3.63) is 12.7 Å². The van der Waals surface area contributed by atoms with E-state index in [0.717, 1.165) is 6.42 Å². The van der Waals surface area contributed by atoms with Gasteiger partial charge in [-0.05, 0) is 96.5 Å². The van der Waals surface area contributed by atoms with Gasteiger partial charge in [-0.1, -0.05) is 62.0 Å². The fourth-order valence-electron chi connectivity index (χ4n) is 10.6. The number of ether oxygens (including phenoxy) is 5. The second kappa shape index (κ2) is 20.9. The zero-order valence-electron chi connectivity index (χ0n) is 37.5. The van der Waals surface area contributed by atoms with Gasteiger partial charge in [0.15, 0.2) is 11.6 Å². The van der Waals surface area contributed by atoms with Gasteiger partial charge in [0, 0.05) is 30.1 Å². The van der Waals surface area contributed by atoms with Crippen LogP contribution in [0.25, 0.3) is 0 Å². The van der Waals surface area contributed by atoms with E-state index in [9.17, 15) is 34.8 Å². The van der Waals surface area contributed by atoms with Gasteiger partial charge in [0.05, 0.1) is 59.8 Å². The monoisotopic (exact) mass is 893 g/mol. The molecule has 13 nitrogen and oxygen atoms in total. The number of rotatable bonds is 17. The number of aliphatic hydroxyl groups is 2. The molecule has 18 atom stereocenters. The number of carboxylic acid groups (broad SMARTS) is 2.